The third-order valence-electron chi connectivity index (χ3n) is 6.62. The Bertz CT molecular complexity index is 1100. The highest BCUT2D eigenvalue weighted by Crippen LogP contribution is 2.52. The van der Waals surface area contributed by atoms with Crippen molar-refractivity contribution in [3.8, 4) is 0 Å². The van der Waals surface area contributed by atoms with Crippen molar-refractivity contribution in [1.29, 1.82) is 0 Å². The van der Waals surface area contributed by atoms with E-state index in [0.717, 1.165) is 33.6 Å². The average Bonchev–Trinajstić information content (AvgIpc) is 3.46. The molecule has 2 heterocycles. The summed E-state index contributed by atoms with van der Waals surface area (Å²) in [6.45, 7) is 4.09. The molecule has 0 spiro atoms. The number of rotatable bonds is 5. The monoisotopic (exact) mass is 405 g/mol. The van der Waals surface area contributed by atoms with E-state index in [1.54, 1.807) is 13.1 Å². The van der Waals surface area contributed by atoms with Crippen LogP contribution in [0.15, 0.2) is 41.5 Å². The molecule has 2 fully saturated rings. The van der Waals surface area contributed by atoms with Crippen molar-refractivity contribution in [2.24, 2.45) is 28.8 Å². The molecule has 1 saturated carbocycles. The number of hydrazone groups is 1. The van der Waals surface area contributed by atoms with Gasteiger partial charge < -0.3 is 9.30 Å². The number of para-hydroxylation sites is 1. The SMILES string of the molecule is CCOC(=O)Cn1c(C)c(/C=N\N2C(=O)[C@@H]3[C@H](C2=O)[C@H]2C=C[C@@H]3C2)c2ccccc21. The number of hydrogen-bond donors (Lipinski definition) is 0. The molecule has 1 aliphatic heterocycles. The zero-order valence-electron chi connectivity index (χ0n) is 16.9. The second kappa shape index (κ2) is 6.93. The van der Waals surface area contributed by atoms with E-state index in [1.807, 2.05) is 35.8 Å². The van der Waals surface area contributed by atoms with Crippen LogP contribution in [0.1, 0.15) is 24.6 Å². The van der Waals surface area contributed by atoms with Crippen molar-refractivity contribution in [3.63, 3.8) is 0 Å². The first-order valence-electron chi connectivity index (χ1n) is 10.3. The van der Waals surface area contributed by atoms with E-state index in [4.69, 9.17) is 4.74 Å². The summed E-state index contributed by atoms with van der Waals surface area (Å²) in [7, 11) is 0. The number of nitrogens with zero attached hydrogens (tertiary/aromatic N) is 3. The lowest BCUT2D eigenvalue weighted by Gasteiger charge is -2.13. The topological polar surface area (TPSA) is 81.0 Å². The van der Waals surface area contributed by atoms with Crippen LogP contribution in [0.4, 0.5) is 0 Å². The van der Waals surface area contributed by atoms with Crippen LogP contribution in [-0.2, 0) is 25.7 Å². The number of hydrogen-bond acceptors (Lipinski definition) is 5. The van der Waals surface area contributed by atoms with Crippen molar-refractivity contribution < 1.29 is 19.1 Å². The van der Waals surface area contributed by atoms with Gasteiger partial charge in [-0.05, 0) is 38.2 Å². The van der Waals surface area contributed by atoms with Gasteiger partial charge in [0.15, 0.2) is 0 Å². The molecule has 2 amide bonds. The van der Waals surface area contributed by atoms with Crippen LogP contribution < -0.4 is 0 Å². The quantitative estimate of drug-likeness (QED) is 0.331. The molecule has 4 atom stereocenters. The van der Waals surface area contributed by atoms with Gasteiger partial charge in [0.2, 0.25) is 0 Å². The van der Waals surface area contributed by atoms with Crippen LogP contribution in [0.3, 0.4) is 0 Å². The van der Waals surface area contributed by atoms with Crippen LogP contribution >= 0.6 is 0 Å². The molecule has 7 nitrogen and oxygen atoms in total. The molecule has 3 aliphatic rings. The molecule has 0 radical (unpaired) electrons. The Kier molecular flexibility index (Phi) is 4.34. The van der Waals surface area contributed by atoms with E-state index >= 15 is 0 Å². The maximum absolute atomic E-state index is 12.9. The number of esters is 1. The third kappa shape index (κ3) is 2.65. The summed E-state index contributed by atoms with van der Waals surface area (Å²) in [5.74, 6) is -0.941. The molecule has 2 aliphatic carbocycles. The summed E-state index contributed by atoms with van der Waals surface area (Å²) in [5, 5.41) is 6.29. The fourth-order valence-electron chi connectivity index (χ4n) is 5.28. The molecule has 30 heavy (non-hydrogen) atoms. The third-order valence-corrected chi connectivity index (χ3v) is 6.62. The minimum Gasteiger partial charge on any atom is -0.465 e. The average molecular weight is 405 g/mol. The van der Waals surface area contributed by atoms with E-state index in [2.05, 4.69) is 17.3 Å². The summed E-state index contributed by atoms with van der Waals surface area (Å²) in [6.07, 6.45) is 6.60. The van der Waals surface area contributed by atoms with E-state index < -0.39 is 0 Å². The molecule has 1 saturated heterocycles. The summed E-state index contributed by atoms with van der Waals surface area (Å²) >= 11 is 0. The van der Waals surface area contributed by atoms with Gasteiger partial charge in [-0.25, -0.2) is 0 Å². The Morgan fingerprint density at radius 1 is 1.17 bits per heavy atom. The number of imide groups is 1. The number of carbonyl (C=O) groups is 3. The summed E-state index contributed by atoms with van der Waals surface area (Å²) < 4.78 is 6.98. The predicted octanol–water partition coefficient (Wildman–Crippen LogP) is 2.65. The fraction of sp³-hybridized carbons (Fsp3) is 0.391. The van der Waals surface area contributed by atoms with Crippen LogP contribution in [0.2, 0.25) is 0 Å². The lowest BCUT2D eigenvalue weighted by Crippen LogP contribution is -2.28. The second-order valence-corrected chi connectivity index (χ2v) is 8.14. The molecule has 0 unspecified atom stereocenters. The highest BCUT2D eigenvalue weighted by molar-refractivity contribution is 6.08. The zero-order chi connectivity index (χ0) is 21.0. The number of aromatic nitrogens is 1. The molecule has 1 aromatic heterocycles. The van der Waals surface area contributed by atoms with E-state index in [0.29, 0.717) is 6.61 Å². The largest absolute Gasteiger partial charge is 0.465 e. The van der Waals surface area contributed by atoms with Gasteiger partial charge in [0, 0.05) is 22.2 Å². The molecule has 154 valence electrons. The van der Waals surface area contributed by atoms with Gasteiger partial charge >= 0.3 is 5.97 Å². The molecule has 0 N–H and O–H groups in total. The molecule has 5 rings (SSSR count). The smallest absolute Gasteiger partial charge is 0.325 e. The van der Waals surface area contributed by atoms with Crippen molar-refractivity contribution in [2.45, 2.75) is 26.8 Å². The van der Waals surface area contributed by atoms with Crippen molar-refractivity contribution in [2.75, 3.05) is 6.61 Å². The first-order valence-corrected chi connectivity index (χ1v) is 10.3. The first kappa shape index (κ1) is 18.8. The van der Waals surface area contributed by atoms with Crippen LogP contribution in [0.25, 0.3) is 10.9 Å². The van der Waals surface area contributed by atoms with Crippen molar-refractivity contribution in [3.05, 3.63) is 47.7 Å². The molecule has 2 bridgehead atoms. The maximum Gasteiger partial charge on any atom is 0.325 e. The lowest BCUT2D eigenvalue weighted by molar-refractivity contribution is -0.144. The molecule has 2 aromatic rings. The van der Waals surface area contributed by atoms with Gasteiger partial charge in [0.25, 0.3) is 11.8 Å². The van der Waals surface area contributed by atoms with E-state index in [-0.39, 0.29) is 48.0 Å². The van der Waals surface area contributed by atoms with Gasteiger partial charge in [-0.15, -0.1) is 0 Å². The van der Waals surface area contributed by atoms with Crippen molar-refractivity contribution >= 4 is 34.9 Å². The summed E-state index contributed by atoms with van der Waals surface area (Å²) in [6, 6.07) is 7.69. The highest BCUT2D eigenvalue weighted by atomic mass is 16.5. The number of amides is 2. The van der Waals surface area contributed by atoms with Crippen LogP contribution in [0.5, 0.6) is 0 Å². The molecule has 1 aromatic carbocycles. The Hall–Kier alpha value is -3.22. The van der Waals surface area contributed by atoms with Gasteiger partial charge in [-0.3, -0.25) is 14.4 Å². The Labute approximate surface area is 174 Å². The first-order chi connectivity index (χ1) is 14.5. The standard InChI is InChI=1S/C23H23N3O4/c1-3-30-19(27)12-25-13(2)17(16-6-4-5-7-18(16)25)11-24-26-22(28)20-14-8-9-15(10-14)21(20)23(26)29/h4-9,11,14-15,20-21H,3,10,12H2,1-2H3/b24-11-/t14-,15+,20+,21-. The highest BCUT2D eigenvalue weighted by Gasteiger charge is 2.59. The van der Waals surface area contributed by atoms with Crippen LogP contribution in [0, 0.1) is 30.6 Å². The minimum atomic E-state index is -0.314. The Balaban J connectivity index is 1.48. The second-order valence-electron chi connectivity index (χ2n) is 8.14. The summed E-state index contributed by atoms with van der Waals surface area (Å²) in [4.78, 5) is 37.8. The number of allylic oxidation sites excluding steroid dienone is 2. The Morgan fingerprint density at radius 2 is 1.83 bits per heavy atom. The number of fused-ring (bicyclic) bond motifs is 6. The summed E-state index contributed by atoms with van der Waals surface area (Å²) in [5.41, 5.74) is 2.49. The Morgan fingerprint density at radius 3 is 2.50 bits per heavy atom. The number of ether oxygens (including phenoxy) is 1. The van der Waals surface area contributed by atoms with Gasteiger partial charge in [-0.2, -0.15) is 10.1 Å². The van der Waals surface area contributed by atoms with E-state index in [9.17, 15) is 14.4 Å². The van der Waals surface area contributed by atoms with E-state index in [1.165, 1.54) is 0 Å². The van der Waals surface area contributed by atoms with Crippen LogP contribution in [-0.4, -0.2) is 40.2 Å². The lowest BCUT2D eigenvalue weighted by atomic mass is 9.85. The predicted molar refractivity (Wildman–Crippen MR) is 110 cm³/mol. The van der Waals surface area contributed by atoms with Gasteiger partial charge in [0.05, 0.1) is 24.7 Å². The van der Waals surface area contributed by atoms with Gasteiger partial charge in [0.1, 0.15) is 6.54 Å². The normalized spacial score (nSPS) is 27.1. The number of benzene rings is 1. The van der Waals surface area contributed by atoms with Gasteiger partial charge in [-0.1, -0.05) is 30.4 Å². The maximum atomic E-state index is 12.9. The zero-order valence-corrected chi connectivity index (χ0v) is 16.9. The minimum absolute atomic E-state index is 0.0920. The molecular formula is C23H23N3O4. The fourth-order valence-corrected chi connectivity index (χ4v) is 5.28. The number of carbonyl (C=O) groups excluding carboxylic acids is 3. The molecule has 7 heteroatoms. The van der Waals surface area contributed by atoms with Crippen molar-refractivity contribution in [1.82, 2.24) is 9.58 Å². The molecular weight excluding hydrogens is 382 g/mol.